The van der Waals surface area contributed by atoms with Crippen molar-refractivity contribution in [2.24, 2.45) is 0 Å². The third-order valence-corrected chi connectivity index (χ3v) is 2.83. The van der Waals surface area contributed by atoms with Gasteiger partial charge in [0.2, 0.25) is 0 Å². The molecule has 0 heterocycles. The first-order valence-corrected chi connectivity index (χ1v) is 7.34. The molecule has 17 heavy (non-hydrogen) atoms. The molecule has 0 aliphatic rings. The summed E-state index contributed by atoms with van der Waals surface area (Å²) in [4.78, 5) is 0. The molecule has 0 N–H and O–H groups in total. The molecular weight excluding hydrogens is 204 g/mol. The topological polar surface area (TPSA) is 0 Å². The van der Waals surface area contributed by atoms with Crippen molar-refractivity contribution in [1.82, 2.24) is 0 Å². The highest BCUT2D eigenvalue weighted by molar-refractivity contribution is 5.02. The molecule has 0 aromatic carbocycles. The lowest BCUT2D eigenvalue weighted by atomic mass is 10.1. The molecule has 0 spiro atoms. The third-order valence-electron chi connectivity index (χ3n) is 2.83. The van der Waals surface area contributed by atoms with Gasteiger partial charge in [-0.2, -0.15) is 0 Å². The highest BCUT2D eigenvalue weighted by atomic mass is 13.9. The molecule has 0 amide bonds. The van der Waals surface area contributed by atoms with Crippen LogP contribution in [-0.4, -0.2) is 0 Å². The van der Waals surface area contributed by atoms with E-state index in [0.29, 0.717) is 0 Å². The first kappa shape index (κ1) is 16.2. The zero-order chi connectivity index (χ0) is 12.6. The smallest absolute Gasteiger partial charge is 0.0348 e. The SMILES string of the molecule is CC=CCCCCCC=CC=CCCCCC. The van der Waals surface area contributed by atoms with Crippen LogP contribution in [0.5, 0.6) is 0 Å². The fourth-order valence-electron chi connectivity index (χ4n) is 1.73. The number of rotatable bonds is 11. The van der Waals surface area contributed by atoms with E-state index >= 15 is 0 Å². The number of allylic oxidation sites excluding steroid dienone is 6. The summed E-state index contributed by atoms with van der Waals surface area (Å²) in [5.74, 6) is 0. The molecule has 0 rings (SSSR count). The van der Waals surface area contributed by atoms with Gasteiger partial charge >= 0.3 is 0 Å². The summed E-state index contributed by atoms with van der Waals surface area (Å²) in [5, 5.41) is 0. The van der Waals surface area contributed by atoms with Gasteiger partial charge in [-0.3, -0.25) is 0 Å². The van der Waals surface area contributed by atoms with Gasteiger partial charge in [-0.1, -0.05) is 62.6 Å². The maximum atomic E-state index is 2.30. The van der Waals surface area contributed by atoms with E-state index in [4.69, 9.17) is 0 Å². The molecule has 0 heteroatoms. The Morgan fingerprint density at radius 2 is 1.18 bits per heavy atom. The van der Waals surface area contributed by atoms with Gasteiger partial charge in [0, 0.05) is 0 Å². The van der Waals surface area contributed by atoms with Crippen LogP contribution in [0.4, 0.5) is 0 Å². The van der Waals surface area contributed by atoms with Crippen LogP contribution in [0.1, 0.15) is 71.6 Å². The third kappa shape index (κ3) is 15.2. The average molecular weight is 234 g/mol. The lowest BCUT2D eigenvalue weighted by molar-refractivity contribution is 0.696. The highest BCUT2D eigenvalue weighted by Gasteiger charge is 1.84. The van der Waals surface area contributed by atoms with E-state index in [-0.39, 0.29) is 0 Å². The van der Waals surface area contributed by atoms with Crippen molar-refractivity contribution in [1.29, 1.82) is 0 Å². The summed E-state index contributed by atoms with van der Waals surface area (Å²) >= 11 is 0. The number of hydrogen-bond acceptors (Lipinski definition) is 0. The molecule has 0 bridgehead atoms. The van der Waals surface area contributed by atoms with Gasteiger partial charge in [-0.15, -0.1) is 0 Å². The van der Waals surface area contributed by atoms with E-state index in [1.54, 1.807) is 0 Å². The second-order valence-electron chi connectivity index (χ2n) is 4.56. The fourth-order valence-corrected chi connectivity index (χ4v) is 1.73. The molecule has 98 valence electrons. The Morgan fingerprint density at radius 3 is 1.71 bits per heavy atom. The molecular formula is C17H30. The van der Waals surface area contributed by atoms with Gasteiger partial charge in [0.15, 0.2) is 0 Å². The van der Waals surface area contributed by atoms with E-state index < -0.39 is 0 Å². The van der Waals surface area contributed by atoms with E-state index in [1.165, 1.54) is 57.8 Å². The van der Waals surface area contributed by atoms with Crippen molar-refractivity contribution in [3.8, 4) is 0 Å². The van der Waals surface area contributed by atoms with Gasteiger partial charge in [0.05, 0.1) is 0 Å². The van der Waals surface area contributed by atoms with Gasteiger partial charge in [0.1, 0.15) is 0 Å². The van der Waals surface area contributed by atoms with Crippen molar-refractivity contribution in [2.75, 3.05) is 0 Å². The van der Waals surface area contributed by atoms with Crippen LogP contribution in [0.15, 0.2) is 36.5 Å². The maximum Gasteiger partial charge on any atom is -0.0348 e. The average Bonchev–Trinajstić information content (AvgIpc) is 2.35. The van der Waals surface area contributed by atoms with Crippen LogP contribution in [0.3, 0.4) is 0 Å². The minimum atomic E-state index is 1.23. The van der Waals surface area contributed by atoms with Crippen LogP contribution in [0, 0.1) is 0 Å². The van der Waals surface area contributed by atoms with Crippen molar-refractivity contribution in [3.63, 3.8) is 0 Å². The Hall–Kier alpha value is -0.780. The van der Waals surface area contributed by atoms with E-state index in [1.807, 2.05) is 0 Å². The molecule has 0 saturated carbocycles. The lowest BCUT2D eigenvalue weighted by Gasteiger charge is -1.94. The van der Waals surface area contributed by atoms with Gasteiger partial charge < -0.3 is 0 Å². The fraction of sp³-hybridized carbons (Fsp3) is 0.647. The van der Waals surface area contributed by atoms with Crippen LogP contribution < -0.4 is 0 Å². The molecule has 0 atom stereocenters. The van der Waals surface area contributed by atoms with Crippen molar-refractivity contribution < 1.29 is 0 Å². The summed E-state index contributed by atoms with van der Waals surface area (Å²) in [5.41, 5.74) is 0. The molecule has 0 unspecified atom stereocenters. The van der Waals surface area contributed by atoms with Gasteiger partial charge in [-0.25, -0.2) is 0 Å². The Bertz CT molecular complexity index is 208. The van der Waals surface area contributed by atoms with Crippen LogP contribution in [0.25, 0.3) is 0 Å². The zero-order valence-electron chi connectivity index (χ0n) is 11.8. The normalized spacial score (nSPS) is 12.4. The molecule has 0 aliphatic heterocycles. The highest BCUT2D eigenvalue weighted by Crippen LogP contribution is 2.04. The molecule has 0 aromatic rings. The van der Waals surface area contributed by atoms with Gasteiger partial charge in [-0.05, 0) is 45.4 Å². The van der Waals surface area contributed by atoms with Crippen LogP contribution in [-0.2, 0) is 0 Å². The van der Waals surface area contributed by atoms with Crippen molar-refractivity contribution >= 4 is 0 Å². The Kier molecular flexibility index (Phi) is 14.5. The summed E-state index contributed by atoms with van der Waals surface area (Å²) in [6, 6.07) is 0. The molecule has 0 aromatic heterocycles. The number of unbranched alkanes of at least 4 members (excludes halogenated alkanes) is 7. The minimum Gasteiger partial charge on any atom is -0.0917 e. The summed E-state index contributed by atoms with van der Waals surface area (Å²) in [6.07, 6.45) is 25.2. The second-order valence-corrected chi connectivity index (χ2v) is 4.56. The van der Waals surface area contributed by atoms with Crippen LogP contribution in [0.2, 0.25) is 0 Å². The zero-order valence-corrected chi connectivity index (χ0v) is 11.8. The summed E-state index contributed by atoms with van der Waals surface area (Å²) < 4.78 is 0. The summed E-state index contributed by atoms with van der Waals surface area (Å²) in [7, 11) is 0. The van der Waals surface area contributed by atoms with Crippen molar-refractivity contribution in [3.05, 3.63) is 36.5 Å². The van der Waals surface area contributed by atoms with Crippen LogP contribution >= 0.6 is 0 Å². The largest absolute Gasteiger partial charge is 0.0917 e. The first-order chi connectivity index (χ1) is 8.41. The Morgan fingerprint density at radius 1 is 0.647 bits per heavy atom. The summed E-state index contributed by atoms with van der Waals surface area (Å²) in [6.45, 7) is 4.34. The minimum absolute atomic E-state index is 1.23. The Balaban J connectivity index is 3.19. The predicted molar refractivity (Wildman–Crippen MR) is 80.3 cm³/mol. The quantitative estimate of drug-likeness (QED) is 0.227. The lowest BCUT2D eigenvalue weighted by Crippen LogP contribution is -1.74. The Labute approximate surface area is 109 Å². The standard InChI is InChI=1S/C17H30/c1-3-5-7-9-11-13-15-17-16-14-12-10-8-6-4-2/h3,5,12,14,16-17H,4,6-11,13,15H2,1-2H3. The van der Waals surface area contributed by atoms with E-state index in [0.717, 1.165) is 0 Å². The predicted octanol–water partition coefficient (Wildman–Crippen LogP) is 6.21. The maximum absolute atomic E-state index is 2.30. The second kappa shape index (κ2) is 15.2. The monoisotopic (exact) mass is 234 g/mol. The molecule has 0 aliphatic carbocycles. The van der Waals surface area contributed by atoms with Gasteiger partial charge in [0.25, 0.3) is 0 Å². The van der Waals surface area contributed by atoms with E-state index in [2.05, 4.69) is 50.3 Å². The molecule has 0 nitrogen and oxygen atoms in total. The van der Waals surface area contributed by atoms with Crippen molar-refractivity contribution in [2.45, 2.75) is 71.6 Å². The number of hydrogen-bond donors (Lipinski definition) is 0. The molecule has 0 radical (unpaired) electrons. The van der Waals surface area contributed by atoms with E-state index in [9.17, 15) is 0 Å². The molecule has 0 fully saturated rings. The first-order valence-electron chi connectivity index (χ1n) is 7.34. The molecule has 0 saturated heterocycles.